The van der Waals surface area contributed by atoms with Gasteiger partial charge in [0.2, 0.25) is 11.8 Å². The molecule has 1 aromatic rings. The third kappa shape index (κ3) is 6.45. The van der Waals surface area contributed by atoms with Gasteiger partial charge in [0.05, 0.1) is 6.54 Å². The number of rotatable bonds is 7. The lowest BCUT2D eigenvalue weighted by molar-refractivity contribution is -0.139. The van der Waals surface area contributed by atoms with Gasteiger partial charge in [-0.05, 0) is 12.0 Å². The van der Waals surface area contributed by atoms with Gasteiger partial charge in [-0.3, -0.25) is 9.59 Å². The Morgan fingerprint density at radius 3 is 2.23 bits per heavy atom. The maximum absolute atomic E-state index is 12.4. The average Bonchev–Trinajstić information content (AvgIpc) is 2.47. The van der Waals surface area contributed by atoms with E-state index in [-0.39, 0.29) is 43.2 Å². The zero-order valence-corrected chi connectivity index (χ0v) is 14.3. The van der Waals surface area contributed by atoms with E-state index in [2.05, 4.69) is 0 Å². The van der Waals surface area contributed by atoms with Crippen LogP contribution in [0.3, 0.4) is 0 Å². The van der Waals surface area contributed by atoms with E-state index in [1.54, 1.807) is 19.0 Å². The minimum absolute atomic E-state index is 0. The molecule has 0 saturated heterocycles. The summed E-state index contributed by atoms with van der Waals surface area (Å²) in [5.41, 5.74) is 7.01. The van der Waals surface area contributed by atoms with Crippen molar-refractivity contribution in [3.05, 3.63) is 35.9 Å². The Morgan fingerprint density at radius 2 is 1.73 bits per heavy atom. The number of halogens is 1. The highest BCUT2D eigenvalue weighted by atomic mass is 35.5. The molecular weight excluding hydrogens is 302 g/mol. The molecule has 0 spiro atoms. The fourth-order valence-corrected chi connectivity index (χ4v) is 2.00. The molecule has 6 heteroatoms. The second kappa shape index (κ2) is 10.2. The Balaban J connectivity index is 0.00000441. The van der Waals surface area contributed by atoms with Crippen molar-refractivity contribution in [3.63, 3.8) is 0 Å². The molecular formula is C16H26ClN3O2. The van der Waals surface area contributed by atoms with Crippen LogP contribution >= 0.6 is 12.4 Å². The van der Waals surface area contributed by atoms with E-state index in [9.17, 15) is 9.59 Å². The van der Waals surface area contributed by atoms with Crippen molar-refractivity contribution < 1.29 is 9.59 Å². The van der Waals surface area contributed by atoms with Gasteiger partial charge in [-0.25, -0.2) is 0 Å². The van der Waals surface area contributed by atoms with Gasteiger partial charge in [-0.1, -0.05) is 37.3 Å². The van der Waals surface area contributed by atoms with Gasteiger partial charge in [0.1, 0.15) is 0 Å². The van der Waals surface area contributed by atoms with Gasteiger partial charge in [-0.15, -0.1) is 12.4 Å². The summed E-state index contributed by atoms with van der Waals surface area (Å²) in [7, 11) is 3.37. The van der Waals surface area contributed by atoms with Gasteiger partial charge >= 0.3 is 0 Å². The lowest BCUT2D eigenvalue weighted by Crippen LogP contribution is -2.41. The minimum Gasteiger partial charge on any atom is -0.347 e. The summed E-state index contributed by atoms with van der Waals surface area (Å²) in [6, 6.07) is 9.20. The molecule has 0 aliphatic heterocycles. The Hall–Kier alpha value is -1.59. The molecule has 0 bridgehead atoms. The Kier molecular flexibility index (Phi) is 9.45. The monoisotopic (exact) mass is 327 g/mol. The number of carbonyl (C=O) groups is 2. The quantitative estimate of drug-likeness (QED) is 0.830. The van der Waals surface area contributed by atoms with Crippen LogP contribution < -0.4 is 5.73 Å². The van der Waals surface area contributed by atoms with Gasteiger partial charge in [0.25, 0.3) is 0 Å². The largest absolute Gasteiger partial charge is 0.347 e. The highest BCUT2D eigenvalue weighted by molar-refractivity contribution is 5.85. The van der Waals surface area contributed by atoms with Crippen molar-refractivity contribution in [2.45, 2.75) is 25.8 Å². The third-order valence-electron chi connectivity index (χ3n) is 3.29. The van der Waals surface area contributed by atoms with Crippen LogP contribution in [-0.2, 0) is 9.59 Å². The fourth-order valence-electron chi connectivity index (χ4n) is 2.00. The van der Waals surface area contributed by atoms with Crippen LogP contribution in [0.25, 0.3) is 0 Å². The van der Waals surface area contributed by atoms with Gasteiger partial charge < -0.3 is 15.5 Å². The van der Waals surface area contributed by atoms with Crippen molar-refractivity contribution >= 4 is 24.2 Å². The van der Waals surface area contributed by atoms with Crippen molar-refractivity contribution in [1.29, 1.82) is 0 Å². The topological polar surface area (TPSA) is 66.6 Å². The zero-order valence-electron chi connectivity index (χ0n) is 13.5. The molecule has 1 atom stereocenters. The smallest absolute Gasteiger partial charge is 0.241 e. The number of nitrogens with two attached hydrogens (primary N) is 1. The lowest BCUT2D eigenvalue weighted by atomic mass is 10.0. The van der Waals surface area contributed by atoms with Crippen LogP contribution in [0, 0.1) is 0 Å². The predicted molar refractivity (Wildman–Crippen MR) is 90.8 cm³/mol. The first kappa shape index (κ1) is 20.4. The first-order valence-corrected chi connectivity index (χ1v) is 7.24. The number of amides is 2. The van der Waals surface area contributed by atoms with E-state index in [1.165, 1.54) is 4.90 Å². The summed E-state index contributed by atoms with van der Waals surface area (Å²) in [5, 5.41) is 0. The minimum atomic E-state index is -0.340. The first-order chi connectivity index (χ1) is 9.95. The van der Waals surface area contributed by atoms with Crippen LogP contribution in [0.5, 0.6) is 0 Å². The molecule has 0 saturated carbocycles. The van der Waals surface area contributed by atoms with E-state index >= 15 is 0 Å². The molecule has 0 aliphatic carbocycles. The van der Waals surface area contributed by atoms with E-state index in [0.717, 1.165) is 12.0 Å². The molecule has 1 rings (SSSR count). The highest BCUT2D eigenvalue weighted by Gasteiger charge is 2.20. The van der Waals surface area contributed by atoms with E-state index < -0.39 is 0 Å². The summed E-state index contributed by atoms with van der Waals surface area (Å²) in [6.45, 7) is 2.67. The molecule has 1 unspecified atom stereocenters. The summed E-state index contributed by atoms with van der Waals surface area (Å²) in [5.74, 6) is -0.159. The number of hydrogen-bond acceptors (Lipinski definition) is 3. The molecule has 5 nitrogen and oxygen atoms in total. The number of carbonyl (C=O) groups excluding carboxylic acids is 2. The summed E-state index contributed by atoms with van der Waals surface area (Å²) in [4.78, 5) is 27.2. The Bertz CT molecular complexity index is 466. The second-order valence-corrected chi connectivity index (χ2v) is 5.32. The maximum atomic E-state index is 12.4. The number of likely N-dealkylation sites (N-methyl/N-ethyl adjacent to an activating group) is 1. The SMILES string of the molecule is CCCN(CC(=O)N(C)C)C(=O)CC(N)c1ccccc1.Cl. The van der Waals surface area contributed by atoms with Gasteiger partial charge in [-0.2, -0.15) is 0 Å². The molecule has 2 amide bonds. The third-order valence-corrected chi connectivity index (χ3v) is 3.29. The summed E-state index contributed by atoms with van der Waals surface area (Å²) >= 11 is 0. The Morgan fingerprint density at radius 1 is 1.14 bits per heavy atom. The number of nitrogens with zero attached hydrogens (tertiary/aromatic N) is 2. The van der Waals surface area contributed by atoms with Crippen molar-refractivity contribution in [1.82, 2.24) is 9.80 Å². The molecule has 0 aliphatic rings. The molecule has 124 valence electrons. The van der Waals surface area contributed by atoms with Crippen LogP contribution in [-0.4, -0.2) is 48.8 Å². The molecule has 0 heterocycles. The molecule has 0 radical (unpaired) electrons. The van der Waals surface area contributed by atoms with E-state index in [0.29, 0.717) is 6.54 Å². The second-order valence-electron chi connectivity index (χ2n) is 5.32. The van der Waals surface area contributed by atoms with Gasteiger partial charge in [0.15, 0.2) is 0 Å². The van der Waals surface area contributed by atoms with Crippen molar-refractivity contribution in [2.24, 2.45) is 5.73 Å². The Labute approximate surface area is 138 Å². The van der Waals surface area contributed by atoms with Crippen LogP contribution in [0.1, 0.15) is 31.4 Å². The van der Waals surface area contributed by atoms with E-state index in [1.807, 2.05) is 37.3 Å². The number of hydrogen-bond donors (Lipinski definition) is 1. The van der Waals surface area contributed by atoms with Crippen LogP contribution in [0.4, 0.5) is 0 Å². The molecule has 0 fully saturated rings. The first-order valence-electron chi connectivity index (χ1n) is 7.24. The average molecular weight is 328 g/mol. The highest BCUT2D eigenvalue weighted by Crippen LogP contribution is 2.15. The van der Waals surface area contributed by atoms with Crippen molar-refractivity contribution in [3.8, 4) is 0 Å². The molecule has 0 aromatic heterocycles. The molecule has 1 aromatic carbocycles. The fraction of sp³-hybridized carbons (Fsp3) is 0.500. The van der Waals surface area contributed by atoms with E-state index in [4.69, 9.17) is 5.73 Å². The summed E-state index contributed by atoms with van der Waals surface area (Å²) in [6.07, 6.45) is 1.03. The molecule has 22 heavy (non-hydrogen) atoms. The van der Waals surface area contributed by atoms with Crippen molar-refractivity contribution in [2.75, 3.05) is 27.2 Å². The standard InChI is InChI=1S/C16H25N3O2.ClH/c1-4-10-19(12-16(21)18(2)3)15(20)11-14(17)13-8-6-5-7-9-13;/h5-9,14H,4,10-12,17H2,1-3H3;1H. The predicted octanol–water partition coefficient (Wildman–Crippen LogP) is 1.83. The van der Waals surface area contributed by atoms with Crippen LogP contribution in [0.15, 0.2) is 30.3 Å². The molecule has 2 N–H and O–H groups in total. The normalized spacial score (nSPS) is 11.3. The zero-order chi connectivity index (χ0) is 15.8. The summed E-state index contributed by atoms with van der Waals surface area (Å²) < 4.78 is 0. The number of benzene rings is 1. The lowest BCUT2D eigenvalue weighted by Gasteiger charge is -2.24. The van der Waals surface area contributed by atoms with Gasteiger partial charge in [0, 0.05) is 33.1 Å². The maximum Gasteiger partial charge on any atom is 0.241 e. The van der Waals surface area contributed by atoms with Crippen LogP contribution in [0.2, 0.25) is 0 Å².